The van der Waals surface area contributed by atoms with E-state index in [1.807, 2.05) is 9.47 Å². The van der Waals surface area contributed by atoms with Crippen LogP contribution in [0.25, 0.3) is 11.2 Å². The zero-order chi connectivity index (χ0) is 21.2. The lowest BCUT2D eigenvalue weighted by molar-refractivity contribution is -0.127. The van der Waals surface area contributed by atoms with Crippen molar-refractivity contribution in [2.24, 2.45) is 0 Å². The highest BCUT2D eigenvalue weighted by molar-refractivity contribution is 5.84. The van der Waals surface area contributed by atoms with Gasteiger partial charge >= 0.3 is 0 Å². The van der Waals surface area contributed by atoms with Crippen LogP contribution in [0.1, 0.15) is 24.0 Å². The Hall–Kier alpha value is -3.20. The second-order valence-electron chi connectivity index (χ2n) is 8.06. The summed E-state index contributed by atoms with van der Waals surface area (Å²) in [5.41, 5.74) is 4.10. The predicted octanol–water partition coefficient (Wildman–Crippen LogP) is 1.42. The first-order chi connectivity index (χ1) is 15.2. The first-order valence-electron chi connectivity index (χ1n) is 10.9. The van der Waals surface area contributed by atoms with E-state index in [2.05, 4.69) is 39.5 Å². The quantitative estimate of drug-likeness (QED) is 0.595. The van der Waals surface area contributed by atoms with Crippen LogP contribution in [0.4, 0.5) is 11.8 Å². The van der Waals surface area contributed by atoms with Gasteiger partial charge in [0.2, 0.25) is 11.9 Å². The molecule has 9 heteroatoms. The zero-order valence-corrected chi connectivity index (χ0v) is 17.5. The summed E-state index contributed by atoms with van der Waals surface area (Å²) in [7, 11) is 0. The van der Waals surface area contributed by atoms with Crippen LogP contribution in [0, 0.1) is 0 Å². The van der Waals surface area contributed by atoms with Crippen molar-refractivity contribution < 1.29 is 9.90 Å². The van der Waals surface area contributed by atoms with Gasteiger partial charge in [0.05, 0.1) is 12.9 Å². The van der Waals surface area contributed by atoms with Crippen molar-refractivity contribution in [2.75, 3.05) is 43.0 Å². The molecule has 0 aliphatic carbocycles. The molecule has 2 aliphatic heterocycles. The summed E-state index contributed by atoms with van der Waals surface area (Å²) in [6.07, 6.45) is 4.29. The van der Waals surface area contributed by atoms with Crippen molar-refractivity contribution in [3.05, 3.63) is 41.7 Å². The van der Waals surface area contributed by atoms with E-state index in [0.717, 1.165) is 38.1 Å². The Balaban J connectivity index is 1.45. The number of fused-ring (bicyclic) bond motifs is 2. The number of nitrogens with one attached hydrogen (secondary N) is 1. The Morgan fingerprint density at radius 1 is 1.06 bits per heavy atom. The number of amides is 1. The molecule has 2 aliphatic rings. The predicted molar refractivity (Wildman–Crippen MR) is 118 cm³/mol. The molecular formula is C22H27N7O2. The lowest BCUT2D eigenvalue weighted by Crippen LogP contribution is -2.32. The van der Waals surface area contributed by atoms with Gasteiger partial charge in [-0.15, -0.1) is 0 Å². The number of aromatic nitrogens is 4. The molecule has 0 saturated carbocycles. The summed E-state index contributed by atoms with van der Waals surface area (Å²) in [5.74, 6) is 1.50. The van der Waals surface area contributed by atoms with Crippen LogP contribution in [-0.2, 0) is 24.3 Å². The van der Waals surface area contributed by atoms with E-state index in [9.17, 15) is 9.90 Å². The molecule has 31 heavy (non-hydrogen) atoms. The maximum absolute atomic E-state index is 12.0. The fraction of sp³-hybridized carbons (Fsp3) is 0.455. The number of aliphatic hydroxyl groups excluding tert-OH is 1. The third-order valence-electron chi connectivity index (χ3n) is 6.05. The number of carbonyl (C=O) groups excluding carboxylic acids is 1. The molecule has 5 rings (SSSR count). The summed E-state index contributed by atoms with van der Waals surface area (Å²) in [6, 6.07) is 8.48. The van der Waals surface area contributed by atoms with Crippen LogP contribution >= 0.6 is 0 Å². The highest BCUT2D eigenvalue weighted by atomic mass is 16.3. The summed E-state index contributed by atoms with van der Waals surface area (Å²) in [5, 5.41) is 12.5. The molecule has 1 aromatic carbocycles. The molecule has 0 atom stereocenters. The third-order valence-corrected chi connectivity index (χ3v) is 6.05. The highest BCUT2D eigenvalue weighted by Crippen LogP contribution is 2.26. The van der Waals surface area contributed by atoms with Gasteiger partial charge < -0.3 is 24.8 Å². The van der Waals surface area contributed by atoms with E-state index in [1.54, 1.807) is 6.33 Å². The molecule has 0 radical (unpaired) electrons. The lowest BCUT2D eigenvalue weighted by atomic mass is 10.0. The van der Waals surface area contributed by atoms with Crippen LogP contribution in [0.15, 0.2) is 30.6 Å². The van der Waals surface area contributed by atoms with Crippen LogP contribution in [0.2, 0.25) is 0 Å². The van der Waals surface area contributed by atoms with Crippen molar-refractivity contribution in [1.82, 2.24) is 24.4 Å². The van der Waals surface area contributed by atoms with E-state index < -0.39 is 0 Å². The van der Waals surface area contributed by atoms with Crippen molar-refractivity contribution in [3.8, 4) is 0 Å². The molecule has 0 spiro atoms. The first kappa shape index (κ1) is 19.7. The normalized spacial score (nSPS) is 16.2. The van der Waals surface area contributed by atoms with E-state index in [0.29, 0.717) is 43.3 Å². The monoisotopic (exact) mass is 421 g/mol. The molecule has 2 N–H and O–H groups in total. The minimum Gasteiger partial charge on any atom is -0.395 e. The molecule has 1 saturated heterocycles. The first-order valence-corrected chi connectivity index (χ1v) is 10.9. The molecule has 9 nitrogen and oxygen atoms in total. The number of imidazole rings is 1. The summed E-state index contributed by atoms with van der Waals surface area (Å²) >= 11 is 0. The number of nitrogens with zero attached hydrogens (tertiary/aromatic N) is 6. The number of carbonyl (C=O) groups is 1. The van der Waals surface area contributed by atoms with Crippen molar-refractivity contribution in [2.45, 2.75) is 32.4 Å². The lowest BCUT2D eigenvalue weighted by Gasteiger charge is -2.29. The zero-order valence-electron chi connectivity index (χ0n) is 17.5. The number of hydrogen-bond acceptors (Lipinski definition) is 7. The highest BCUT2D eigenvalue weighted by Gasteiger charge is 2.23. The molecule has 3 aromatic rings. The number of benzene rings is 1. The number of likely N-dealkylation sites (tertiary alicyclic amines) is 1. The molecule has 1 amide bonds. The van der Waals surface area contributed by atoms with Crippen LogP contribution < -0.4 is 10.2 Å². The maximum atomic E-state index is 12.0. The fourth-order valence-electron chi connectivity index (χ4n) is 4.37. The molecule has 1 fully saturated rings. The van der Waals surface area contributed by atoms with E-state index in [-0.39, 0.29) is 12.5 Å². The maximum Gasteiger partial charge on any atom is 0.229 e. The number of rotatable bonds is 7. The van der Waals surface area contributed by atoms with Gasteiger partial charge in [-0.05, 0) is 24.0 Å². The van der Waals surface area contributed by atoms with Gasteiger partial charge in [-0.3, -0.25) is 4.79 Å². The van der Waals surface area contributed by atoms with Crippen LogP contribution in [0.3, 0.4) is 0 Å². The minimum absolute atomic E-state index is 0.00962. The standard InChI is InChI=1S/C22H27N7O2/c30-13-8-23-20-19-21(29(15-24-19)12-11-27-9-3-6-18(27)31)26-22(25-20)28-10-7-16-4-1-2-5-17(16)14-28/h1-2,4-5,15,30H,3,6-14H2,(H,23,25,26). The molecule has 162 valence electrons. The van der Waals surface area contributed by atoms with Gasteiger partial charge in [0.15, 0.2) is 17.0 Å². The largest absolute Gasteiger partial charge is 0.395 e. The Morgan fingerprint density at radius 3 is 2.74 bits per heavy atom. The second kappa shape index (κ2) is 8.50. The molecule has 0 bridgehead atoms. The Kier molecular flexibility index (Phi) is 5.42. The minimum atomic E-state index is 0.00962. The fourth-order valence-corrected chi connectivity index (χ4v) is 4.37. The van der Waals surface area contributed by atoms with Crippen molar-refractivity contribution >= 4 is 28.8 Å². The molecule has 0 unspecified atom stereocenters. The molecule has 2 aromatic heterocycles. The van der Waals surface area contributed by atoms with Gasteiger partial charge in [-0.25, -0.2) is 4.98 Å². The second-order valence-corrected chi connectivity index (χ2v) is 8.06. The van der Waals surface area contributed by atoms with Gasteiger partial charge in [-0.2, -0.15) is 9.97 Å². The van der Waals surface area contributed by atoms with Gasteiger partial charge in [-0.1, -0.05) is 24.3 Å². The Morgan fingerprint density at radius 2 is 1.94 bits per heavy atom. The van der Waals surface area contributed by atoms with Crippen LogP contribution in [-0.4, -0.2) is 68.2 Å². The number of aliphatic hydroxyl groups is 1. The van der Waals surface area contributed by atoms with Gasteiger partial charge in [0.25, 0.3) is 0 Å². The van der Waals surface area contributed by atoms with E-state index in [4.69, 9.17) is 9.97 Å². The number of hydrogen-bond donors (Lipinski definition) is 2. The van der Waals surface area contributed by atoms with Crippen molar-refractivity contribution in [1.29, 1.82) is 0 Å². The SMILES string of the molecule is O=C1CCCN1CCn1cnc2c(NCCO)nc(N3CCc4ccccc4C3)nc21. The van der Waals surface area contributed by atoms with E-state index >= 15 is 0 Å². The topological polar surface area (TPSA) is 99.4 Å². The van der Waals surface area contributed by atoms with E-state index in [1.165, 1.54) is 11.1 Å². The number of anilines is 2. The Bertz CT molecular complexity index is 1100. The average molecular weight is 422 g/mol. The van der Waals surface area contributed by atoms with Gasteiger partial charge in [0, 0.05) is 45.7 Å². The average Bonchev–Trinajstić information content (AvgIpc) is 3.41. The smallest absolute Gasteiger partial charge is 0.229 e. The summed E-state index contributed by atoms with van der Waals surface area (Å²) < 4.78 is 1.99. The molecule has 4 heterocycles. The summed E-state index contributed by atoms with van der Waals surface area (Å²) in [6.45, 7) is 4.12. The Labute approximate surface area is 180 Å². The van der Waals surface area contributed by atoms with Crippen molar-refractivity contribution in [3.63, 3.8) is 0 Å². The third kappa shape index (κ3) is 3.93. The van der Waals surface area contributed by atoms with Crippen LogP contribution in [0.5, 0.6) is 0 Å². The molecular weight excluding hydrogens is 394 g/mol. The van der Waals surface area contributed by atoms with Gasteiger partial charge in [0.1, 0.15) is 0 Å². The summed E-state index contributed by atoms with van der Waals surface area (Å²) in [4.78, 5) is 30.2.